The van der Waals surface area contributed by atoms with Crippen LogP contribution in [-0.2, 0) is 0 Å². The van der Waals surface area contributed by atoms with Crippen LogP contribution in [0, 0.1) is 10.1 Å². The number of hydrogen-bond donors (Lipinski definition) is 4. The van der Waals surface area contributed by atoms with Crippen molar-refractivity contribution in [1.29, 1.82) is 0 Å². The number of rotatable bonds is 6. The van der Waals surface area contributed by atoms with Gasteiger partial charge in [0, 0.05) is 6.20 Å². The zero-order valence-electron chi connectivity index (χ0n) is 15.3. The van der Waals surface area contributed by atoms with Crippen molar-refractivity contribution in [3.05, 3.63) is 75.5 Å². The Hall–Kier alpha value is -4.01. The quantitative estimate of drug-likeness (QED) is 0.345. The molecule has 4 N–H and O–H groups in total. The second-order valence-electron chi connectivity index (χ2n) is 5.92. The van der Waals surface area contributed by atoms with Crippen LogP contribution in [0.4, 0.5) is 11.4 Å². The summed E-state index contributed by atoms with van der Waals surface area (Å²) in [6, 6.07) is 10.3. The number of nitrogens with zero attached hydrogens (tertiary/aromatic N) is 2. The summed E-state index contributed by atoms with van der Waals surface area (Å²) in [5, 5.41) is 25.1. The third-order valence-corrected chi connectivity index (χ3v) is 4.11. The predicted octanol–water partition coefficient (Wildman–Crippen LogP) is 3.11. The lowest BCUT2D eigenvalue weighted by Gasteiger charge is -2.17. The summed E-state index contributed by atoms with van der Waals surface area (Å²) in [6.07, 6.45) is 5.10. The molecule has 0 unspecified atom stereocenters. The minimum Gasteiger partial charge on any atom is -0.504 e. The van der Waals surface area contributed by atoms with Gasteiger partial charge in [0.2, 0.25) is 5.75 Å². The molecule has 2 aromatic carbocycles. The van der Waals surface area contributed by atoms with Crippen LogP contribution in [0.2, 0.25) is 0 Å². The van der Waals surface area contributed by atoms with Crippen molar-refractivity contribution < 1.29 is 14.8 Å². The number of benzene rings is 2. The first-order valence-electron chi connectivity index (χ1n) is 8.34. The Bertz CT molecular complexity index is 981. The predicted molar refractivity (Wildman–Crippen MR) is 107 cm³/mol. The summed E-state index contributed by atoms with van der Waals surface area (Å²) in [6.45, 7) is 2.01. The molecule has 0 radical (unpaired) electrons. The highest BCUT2D eigenvalue weighted by Crippen LogP contribution is 2.38. The van der Waals surface area contributed by atoms with E-state index in [1.807, 2.05) is 43.5 Å². The van der Waals surface area contributed by atoms with Gasteiger partial charge in [-0.15, -0.1) is 0 Å². The highest BCUT2D eigenvalue weighted by atomic mass is 16.6. The van der Waals surface area contributed by atoms with E-state index in [1.165, 1.54) is 25.5 Å². The van der Waals surface area contributed by atoms with Crippen LogP contribution in [0.1, 0.15) is 18.1 Å². The molecule has 28 heavy (non-hydrogen) atoms. The highest BCUT2D eigenvalue weighted by Gasteiger charge is 2.23. The van der Waals surface area contributed by atoms with Crippen molar-refractivity contribution in [3.63, 3.8) is 0 Å². The van der Waals surface area contributed by atoms with Gasteiger partial charge in [-0.25, -0.2) is 0 Å². The molecule has 0 saturated carbocycles. The van der Waals surface area contributed by atoms with Crippen LogP contribution in [-0.4, -0.2) is 23.4 Å². The van der Waals surface area contributed by atoms with Crippen molar-refractivity contribution in [2.24, 2.45) is 5.10 Å². The molecule has 0 bridgehead atoms. The molecule has 1 heterocycles. The van der Waals surface area contributed by atoms with E-state index in [1.54, 1.807) is 0 Å². The van der Waals surface area contributed by atoms with Crippen LogP contribution in [0.5, 0.6) is 11.5 Å². The Morgan fingerprint density at radius 2 is 2.00 bits per heavy atom. The second-order valence-corrected chi connectivity index (χ2v) is 5.92. The maximum absolute atomic E-state index is 11.3. The zero-order valence-corrected chi connectivity index (χ0v) is 15.3. The minimum absolute atomic E-state index is 0.203. The van der Waals surface area contributed by atoms with E-state index in [0.29, 0.717) is 5.69 Å². The van der Waals surface area contributed by atoms with Gasteiger partial charge < -0.3 is 20.7 Å². The minimum atomic E-state index is -0.621. The van der Waals surface area contributed by atoms with E-state index in [0.717, 1.165) is 16.8 Å². The van der Waals surface area contributed by atoms with Crippen molar-refractivity contribution >= 4 is 23.3 Å². The molecule has 1 aliphatic heterocycles. The van der Waals surface area contributed by atoms with Crippen LogP contribution >= 0.6 is 0 Å². The Kier molecular flexibility index (Phi) is 5.45. The standard InChI is InChI=1S/C19H19N5O4/c1-12-9-10-20-23-17(12)13-3-6-15(7-4-13)22-21-11-14-5-8-16(25)19(28-2)18(14)24(26)27/h3-11,20,22-23,25H,1-2H3. The summed E-state index contributed by atoms with van der Waals surface area (Å²) in [5.74, 6) is -0.509. The highest BCUT2D eigenvalue weighted by molar-refractivity contribution is 5.88. The number of nitro groups is 1. The molecule has 0 aromatic heterocycles. The number of hydrazine groups is 1. The first-order valence-corrected chi connectivity index (χ1v) is 8.34. The number of hydrogen-bond acceptors (Lipinski definition) is 8. The maximum Gasteiger partial charge on any atom is 0.323 e. The van der Waals surface area contributed by atoms with Gasteiger partial charge in [0.25, 0.3) is 0 Å². The largest absolute Gasteiger partial charge is 0.504 e. The molecular weight excluding hydrogens is 362 g/mol. The SMILES string of the molecule is COc1c(O)ccc(C=NNc2ccc(C3=C(C)C=CNN3)cc2)c1[N+](=O)[O-]. The number of phenolic OH excluding ortho intramolecular Hbond substituents is 1. The Labute approximate surface area is 161 Å². The molecule has 0 amide bonds. The lowest BCUT2D eigenvalue weighted by molar-refractivity contribution is -0.385. The summed E-state index contributed by atoms with van der Waals surface area (Å²) in [7, 11) is 1.26. The fourth-order valence-corrected chi connectivity index (χ4v) is 2.72. The second kappa shape index (κ2) is 8.12. The van der Waals surface area contributed by atoms with Gasteiger partial charge >= 0.3 is 5.69 Å². The molecule has 144 valence electrons. The molecule has 9 heteroatoms. The van der Waals surface area contributed by atoms with Gasteiger partial charge in [0.05, 0.1) is 35.2 Å². The van der Waals surface area contributed by atoms with Crippen LogP contribution in [0.15, 0.2) is 59.3 Å². The Morgan fingerprint density at radius 3 is 2.64 bits per heavy atom. The molecule has 0 saturated heterocycles. The van der Waals surface area contributed by atoms with Gasteiger partial charge in [0.15, 0.2) is 5.75 Å². The number of methoxy groups -OCH3 is 1. The lowest BCUT2D eigenvalue weighted by Crippen LogP contribution is -2.28. The van der Waals surface area contributed by atoms with E-state index in [-0.39, 0.29) is 22.7 Å². The topological polar surface area (TPSA) is 121 Å². The first kappa shape index (κ1) is 18.8. The monoisotopic (exact) mass is 381 g/mol. The van der Waals surface area contributed by atoms with Crippen molar-refractivity contribution in [1.82, 2.24) is 10.9 Å². The average Bonchev–Trinajstić information content (AvgIpc) is 2.69. The van der Waals surface area contributed by atoms with E-state index in [2.05, 4.69) is 21.4 Å². The molecule has 0 fully saturated rings. The van der Waals surface area contributed by atoms with Crippen LogP contribution in [0.3, 0.4) is 0 Å². The molecule has 2 aromatic rings. The normalized spacial score (nSPS) is 13.2. The Balaban J connectivity index is 1.77. The molecule has 0 spiro atoms. The number of aromatic hydroxyl groups is 1. The number of anilines is 1. The van der Waals surface area contributed by atoms with Crippen LogP contribution < -0.4 is 21.0 Å². The third kappa shape index (κ3) is 3.88. The van der Waals surface area contributed by atoms with E-state index in [4.69, 9.17) is 4.74 Å². The number of nitro benzene ring substituents is 1. The molecule has 0 aliphatic carbocycles. The average molecular weight is 381 g/mol. The van der Waals surface area contributed by atoms with Crippen molar-refractivity contribution in [3.8, 4) is 11.5 Å². The summed E-state index contributed by atoms with van der Waals surface area (Å²) < 4.78 is 4.93. The maximum atomic E-state index is 11.3. The zero-order chi connectivity index (χ0) is 20.1. The van der Waals surface area contributed by atoms with Crippen LogP contribution in [0.25, 0.3) is 5.70 Å². The number of allylic oxidation sites excluding steroid dienone is 2. The fourth-order valence-electron chi connectivity index (χ4n) is 2.72. The molecule has 0 atom stereocenters. The molecule has 3 rings (SSSR count). The number of nitrogens with one attached hydrogen (secondary N) is 3. The van der Waals surface area contributed by atoms with E-state index >= 15 is 0 Å². The number of ether oxygens (including phenoxy) is 1. The van der Waals surface area contributed by atoms with Gasteiger partial charge in [-0.05, 0) is 48.4 Å². The van der Waals surface area contributed by atoms with Gasteiger partial charge in [-0.1, -0.05) is 12.1 Å². The van der Waals surface area contributed by atoms with Crippen molar-refractivity contribution in [2.75, 3.05) is 12.5 Å². The van der Waals surface area contributed by atoms with Gasteiger partial charge in [0.1, 0.15) is 0 Å². The number of phenols is 1. The van der Waals surface area contributed by atoms with Gasteiger partial charge in [-0.2, -0.15) is 5.10 Å². The smallest absolute Gasteiger partial charge is 0.323 e. The first-order chi connectivity index (χ1) is 13.5. The summed E-state index contributed by atoms with van der Waals surface area (Å²) in [4.78, 5) is 10.7. The third-order valence-electron chi connectivity index (χ3n) is 4.11. The fraction of sp³-hybridized carbons (Fsp3) is 0.105. The molecule has 9 nitrogen and oxygen atoms in total. The number of hydrazone groups is 1. The van der Waals surface area contributed by atoms with E-state index in [9.17, 15) is 15.2 Å². The van der Waals surface area contributed by atoms with E-state index < -0.39 is 4.92 Å². The van der Waals surface area contributed by atoms with Crippen molar-refractivity contribution in [2.45, 2.75) is 6.92 Å². The summed E-state index contributed by atoms with van der Waals surface area (Å²) >= 11 is 0. The molecule has 1 aliphatic rings. The molecular formula is C19H19N5O4. The Morgan fingerprint density at radius 1 is 1.25 bits per heavy atom. The lowest BCUT2D eigenvalue weighted by atomic mass is 10.1. The van der Waals surface area contributed by atoms with Gasteiger partial charge in [-0.3, -0.25) is 15.5 Å². The summed E-state index contributed by atoms with van der Waals surface area (Å²) in [5.41, 5.74) is 12.5.